The van der Waals surface area contributed by atoms with Gasteiger partial charge in [0.05, 0.1) is 13.2 Å². The van der Waals surface area contributed by atoms with E-state index in [1.54, 1.807) is 13.8 Å². The summed E-state index contributed by atoms with van der Waals surface area (Å²) in [6.07, 6.45) is -1.79. The molecule has 0 saturated heterocycles. The second kappa shape index (κ2) is 6.10. The monoisotopic (exact) mass is 220 g/mol. The molecule has 6 heteroatoms. The van der Waals surface area contributed by atoms with Crippen molar-refractivity contribution in [3.8, 4) is 0 Å². The molecule has 0 aliphatic carbocycles. The molecule has 88 valence electrons. The van der Waals surface area contributed by atoms with Gasteiger partial charge in [-0.1, -0.05) is 0 Å². The van der Waals surface area contributed by atoms with Crippen LogP contribution in [0, 0.1) is 0 Å². The normalized spacial score (nSPS) is 10.4. The van der Waals surface area contributed by atoms with Gasteiger partial charge < -0.3 is 18.9 Å². The Labute approximate surface area is 88.4 Å². The van der Waals surface area contributed by atoms with Gasteiger partial charge in [-0.2, -0.15) is 0 Å². The molecule has 15 heavy (non-hydrogen) atoms. The highest BCUT2D eigenvalue weighted by molar-refractivity contribution is 5.62. The fourth-order valence-electron chi connectivity index (χ4n) is 0.717. The fraction of sp³-hybridized carbons (Fsp3) is 0.778. The Morgan fingerprint density at radius 2 is 1.27 bits per heavy atom. The predicted octanol–water partition coefficient (Wildman–Crippen LogP) is 2.07. The van der Waals surface area contributed by atoms with Gasteiger partial charge >= 0.3 is 12.3 Å². The van der Waals surface area contributed by atoms with Gasteiger partial charge in [-0.15, -0.1) is 0 Å². The van der Waals surface area contributed by atoms with Crippen molar-refractivity contribution in [3.63, 3.8) is 0 Å². The largest absolute Gasteiger partial charge is 0.511 e. The predicted molar refractivity (Wildman–Crippen MR) is 50.3 cm³/mol. The van der Waals surface area contributed by atoms with E-state index in [4.69, 9.17) is 9.47 Å². The quantitative estimate of drug-likeness (QED) is 0.533. The molecule has 0 aliphatic heterocycles. The Morgan fingerprint density at radius 3 is 1.53 bits per heavy atom. The lowest BCUT2D eigenvalue weighted by molar-refractivity contribution is -0.165. The summed E-state index contributed by atoms with van der Waals surface area (Å²) in [6.45, 7) is 6.46. The summed E-state index contributed by atoms with van der Waals surface area (Å²) in [6, 6.07) is 0. The zero-order valence-electron chi connectivity index (χ0n) is 9.36. The highest BCUT2D eigenvalue weighted by Gasteiger charge is 2.28. The molecule has 0 heterocycles. The van der Waals surface area contributed by atoms with Crippen LogP contribution in [-0.4, -0.2) is 31.3 Å². The third kappa shape index (κ3) is 6.59. The highest BCUT2D eigenvalue weighted by atomic mass is 16.8. The molecule has 0 rings (SSSR count). The van der Waals surface area contributed by atoms with Gasteiger partial charge in [-0.25, -0.2) is 9.59 Å². The zero-order valence-corrected chi connectivity index (χ0v) is 9.36. The molecule has 0 unspecified atom stereocenters. The van der Waals surface area contributed by atoms with Gasteiger partial charge in [0.1, 0.15) is 0 Å². The third-order valence-electron chi connectivity index (χ3n) is 1.18. The van der Waals surface area contributed by atoms with Crippen LogP contribution in [0.2, 0.25) is 0 Å². The molecule has 0 radical (unpaired) electrons. The van der Waals surface area contributed by atoms with E-state index >= 15 is 0 Å². The van der Waals surface area contributed by atoms with Crippen LogP contribution in [0.5, 0.6) is 0 Å². The number of hydrogen-bond donors (Lipinski definition) is 0. The molecule has 0 fully saturated rings. The standard InChI is InChI=1S/C9H16O6/c1-5-12-7(10)14-9(3,4)15-8(11)13-6-2/h5-6H2,1-4H3. The second-order valence-corrected chi connectivity index (χ2v) is 2.97. The number of ether oxygens (including phenoxy) is 4. The summed E-state index contributed by atoms with van der Waals surface area (Å²) in [5.41, 5.74) is 0. The summed E-state index contributed by atoms with van der Waals surface area (Å²) in [5, 5.41) is 0. The van der Waals surface area contributed by atoms with E-state index < -0.39 is 18.1 Å². The molecule has 0 aromatic carbocycles. The van der Waals surface area contributed by atoms with Crippen LogP contribution in [0.4, 0.5) is 9.59 Å². The molecule has 0 aliphatic rings. The first-order chi connectivity index (χ1) is 6.91. The maximum atomic E-state index is 10.9. The SMILES string of the molecule is CCOC(=O)OC(C)(C)OC(=O)OCC. The lowest BCUT2D eigenvalue weighted by Crippen LogP contribution is -2.34. The van der Waals surface area contributed by atoms with E-state index in [0.29, 0.717) is 0 Å². The van der Waals surface area contributed by atoms with Gasteiger partial charge in [0, 0.05) is 13.8 Å². The van der Waals surface area contributed by atoms with Gasteiger partial charge in [-0.3, -0.25) is 0 Å². The lowest BCUT2D eigenvalue weighted by Gasteiger charge is -2.23. The first kappa shape index (κ1) is 13.5. The minimum Gasteiger partial charge on any atom is -0.434 e. The van der Waals surface area contributed by atoms with Crippen LogP contribution in [-0.2, 0) is 18.9 Å². The summed E-state index contributed by atoms with van der Waals surface area (Å²) in [5.74, 6) is -1.40. The summed E-state index contributed by atoms with van der Waals surface area (Å²) in [4.78, 5) is 21.8. The Bertz CT molecular complexity index is 201. The van der Waals surface area contributed by atoms with Crippen molar-refractivity contribution >= 4 is 12.3 Å². The maximum absolute atomic E-state index is 10.9. The molecular weight excluding hydrogens is 204 g/mol. The molecule has 0 N–H and O–H groups in total. The lowest BCUT2D eigenvalue weighted by atomic mass is 10.4. The molecule has 0 aromatic heterocycles. The van der Waals surface area contributed by atoms with Crippen LogP contribution in [0.25, 0.3) is 0 Å². The van der Waals surface area contributed by atoms with Crippen molar-refractivity contribution < 1.29 is 28.5 Å². The van der Waals surface area contributed by atoms with Crippen molar-refractivity contribution in [2.45, 2.75) is 33.5 Å². The molecule has 0 saturated carbocycles. The van der Waals surface area contributed by atoms with Gasteiger partial charge in [0.2, 0.25) is 0 Å². The van der Waals surface area contributed by atoms with Crippen LogP contribution >= 0.6 is 0 Å². The molecule has 0 bridgehead atoms. The number of carbonyl (C=O) groups excluding carboxylic acids is 2. The minimum atomic E-state index is -1.40. The van der Waals surface area contributed by atoms with Crippen LogP contribution < -0.4 is 0 Å². The second-order valence-electron chi connectivity index (χ2n) is 2.97. The van der Waals surface area contributed by atoms with Crippen molar-refractivity contribution in [1.29, 1.82) is 0 Å². The minimum absolute atomic E-state index is 0.189. The maximum Gasteiger partial charge on any atom is 0.511 e. The molecule has 0 atom stereocenters. The molecule has 0 aromatic rings. The van der Waals surface area contributed by atoms with E-state index in [2.05, 4.69) is 9.47 Å². The highest BCUT2D eigenvalue weighted by Crippen LogP contribution is 2.13. The Balaban J connectivity index is 4.05. The Morgan fingerprint density at radius 1 is 0.933 bits per heavy atom. The first-order valence-corrected chi connectivity index (χ1v) is 4.62. The fourth-order valence-corrected chi connectivity index (χ4v) is 0.717. The Kier molecular flexibility index (Phi) is 5.51. The van der Waals surface area contributed by atoms with Crippen molar-refractivity contribution in [2.24, 2.45) is 0 Å². The van der Waals surface area contributed by atoms with E-state index in [9.17, 15) is 9.59 Å². The van der Waals surface area contributed by atoms with Gasteiger partial charge in [0.15, 0.2) is 0 Å². The average molecular weight is 220 g/mol. The smallest absolute Gasteiger partial charge is 0.434 e. The van der Waals surface area contributed by atoms with Crippen molar-refractivity contribution in [2.75, 3.05) is 13.2 Å². The average Bonchev–Trinajstić information content (AvgIpc) is 2.01. The van der Waals surface area contributed by atoms with Crippen molar-refractivity contribution in [1.82, 2.24) is 0 Å². The topological polar surface area (TPSA) is 71.1 Å². The van der Waals surface area contributed by atoms with E-state index in [-0.39, 0.29) is 13.2 Å². The summed E-state index contributed by atoms with van der Waals surface area (Å²) < 4.78 is 18.5. The van der Waals surface area contributed by atoms with Crippen LogP contribution in [0.15, 0.2) is 0 Å². The van der Waals surface area contributed by atoms with E-state index in [1.807, 2.05) is 0 Å². The number of carbonyl (C=O) groups is 2. The van der Waals surface area contributed by atoms with Gasteiger partial charge in [-0.05, 0) is 13.8 Å². The molecular formula is C9H16O6. The van der Waals surface area contributed by atoms with Crippen LogP contribution in [0.1, 0.15) is 27.7 Å². The first-order valence-electron chi connectivity index (χ1n) is 4.62. The van der Waals surface area contributed by atoms with E-state index in [1.165, 1.54) is 13.8 Å². The zero-order chi connectivity index (χ0) is 11.9. The molecule has 6 nitrogen and oxygen atoms in total. The van der Waals surface area contributed by atoms with E-state index in [0.717, 1.165) is 0 Å². The molecule has 0 spiro atoms. The van der Waals surface area contributed by atoms with Crippen LogP contribution in [0.3, 0.4) is 0 Å². The summed E-state index contributed by atoms with van der Waals surface area (Å²) in [7, 11) is 0. The molecule has 0 amide bonds. The number of rotatable bonds is 4. The summed E-state index contributed by atoms with van der Waals surface area (Å²) >= 11 is 0. The third-order valence-corrected chi connectivity index (χ3v) is 1.18. The Hall–Kier alpha value is -1.46. The van der Waals surface area contributed by atoms with Crippen molar-refractivity contribution in [3.05, 3.63) is 0 Å². The number of hydrogen-bond acceptors (Lipinski definition) is 6. The van der Waals surface area contributed by atoms with Gasteiger partial charge in [0.25, 0.3) is 5.79 Å².